The highest BCUT2D eigenvalue weighted by Gasteiger charge is 2.30. The van der Waals surface area contributed by atoms with Gasteiger partial charge in [0.1, 0.15) is 5.69 Å². The van der Waals surface area contributed by atoms with Crippen LogP contribution in [-0.2, 0) is 13.1 Å². The van der Waals surface area contributed by atoms with E-state index in [1.165, 1.54) is 16.2 Å². The van der Waals surface area contributed by atoms with Gasteiger partial charge in [-0.15, -0.1) is 23.7 Å². The number of nitrogens with one attached hydrogen (secondary N) is 3. The largest absolute Gasteiger partial charge is 0.351 e. The van der Waals surface area contributed by atoms with Gasteiger partial charge in [0.05, 0.1) is 5.69 Å². The minimum absolute atomic E-state index is 0. The van der Waals surface area contributed by atoms with Crippen molar-refractivity contribution in [3.8, 4) is 0 Å². The lowest BCUT2D eigenvalue weighted by Gasteiger charge is -2.32. The lowest BCUT2D eigenvalue weighted by Crippen LogP contribution is -2.53. The van der Waals surface area contributed by atoms with E-state index < -0.39 is 0 Å². The van der Waals surface area contributed by atoms with Gasteiger partial charge < -0.3 is 15.6 Å². The summed E-state index contributed by atoms with van der Waals surface area (Å²) in [7, 11) is 2.05. The summed E-state index contributed by atoms with van der Waals surface area (Å²) in [5.74, 6) is -0.316. The standard InChI is InChI=1S/C22H24ClN5O2S.ClH/c1-28-10-18-19(11-28)31-22(27-18)21(30)26-16-5-3-2-4-15(16)25-20(29)17-9-12-8-13(23)6-7-14(12)24-17;/h6-9,15-16,24H,2-5,10-11H2,1H3,(H,25,29)(H,26,30);1H. The van der Waals surface area contributed by atoms with Gasteiger partial charge in [0.15, 0.2) is 5.01 Å². The molecule has 1 aliphatic carbocycles. The third-order valence-corrected chi connectivity index (χ3v) is 7.35. The lowest BCUT2D eigenvalue weighted by atomic mass is 9.90. The molecular weight excluding hydrogens is 469 g/mol. The molecule has 0 spiro atoms. The van der Waals surface area contributed by atoms with Crippen molar-refractivity contribution in [1.29, 1.82) is 0 Å². The Morgan fingerprint density at radius 3 is 2.56 bits per heavy atom. The molecule has 2 atom stereocenters. The van der Waals surface area contributed by atoms with Crippen LogP contribution < -0.4 is 10.6 Å². The Balaban J connectivity index is 0.00000245. The van der Waals surface area contributed by atoms with Gasteiger partial charge in [-0.25, -0.2) is 4.98 Å². The lowest BCUT2D eigenvalue weighted by molar-refractivity contribution is 0.0860. The molecule has 3 aromatic rings. The van der Waals surface area contributed by atoms with Gasteiger partial charge in [-0.3, -0.25) is 14.5 Å². The van der Waals surface area contributed by atoms with E-state index in [2.05, 4.69) is 25.5 Å². The number of H-pyrrole nitrogens is 1. The van der Waals surface area contributed by atoms with E-state index in [0.717, 1.165) is 55.4 Å². The highest BCUT2D eigenvalue weighted by molar-refractivity contribution is 7.13. The fourth-order valence-corrected chi connectivity index (χ4v) is 5.70. The van der Waals surface area contributed by atoms with Crippen LogP contribution in [0.1, 0.15) is 56.5 Å². The molecule has 0 radical (unpaired) electrons. The van der Waals surface area contributed by atoms with Gasteiger partial charge in [-0.05, 0) is 44.2 Å². The predicted molar refractivity (Wildman–Crippen MR) is 129 cm³/mol. The first kappa shape index (κ1) is 23.0. The van der Waals surface area contributed by atoms with Crippen LogP contribution >= 0.6 is 35.3 Å². The van der Waals surface area contributed by atoms with Gasteiger partial charge in [0, 0.05) is 46.0 Å². The van der Waals surface area contributed by atoms with Gasteiger partial charge in [-0.1, -0.05) is 24.4 Å². The monoisotopic (exact) mass is 493 g/mol. The van der Waals surface area contributed by atoms with E-state index in [-0.39, 0.29) is 36.3 Å². The van der Waals surface area contributed by atoms with Crippen LogP contribution in [0.2, 0.25) is 5.02 Å². The molecule has 3 heterocycles. The fourth-order valence-electron chi connectivity index (χ4n) is 4.46. The van der Waals surface area contributed by atoms with Crippen molar-refractivity contribution in [3.63, 3.8) is 0 Å². The number of carbonyl (C=O) groups is 2. The molecule has 2 aromatic heterocycles. The number of amides is 2. The maximum Gasteiger partial charge on any atom is 0.280 e. The number of hydrogen-bond donors (Lipinski definition) is 3. The molecule has 3 N–H and O–H groups in total. The van der Waals surface area contributed by atoms with E-state index >= 15 is 0 Å². The smallest absolute Gasteiger partial charge is 0.280 e. The first-order valence-electron chi connectivity index (χ1n) is 10.5. The number of fused-ring (bicyclic) bond motifs is 2. The Labute approximate surface area is 201 Å². The van der Waals surface area contributed by atoms with Crippen molar-refractivity contribution in [2.24, 2.45) is 0 Å². The minimum Gasteiger partial charge on any atom is -0.351 e. The third-order valence-electron chi connectivity index (χ3n) is 6.03. The maximum atomic E-state index is 12.9. The molecule has 2 aliphatic rings. The van der Waals surface area contributed by atoms with E-state index in [1.807, 2.05) is 19.2 Å². The Hall–Kier alpha value is -2.13. The van der Waals surface area contributed by atoms with Gasteiger partial charge in [0.25, 0.3) is 11.8 Å². The summed E-state index contributed by atoms with van der Waals surface area (Å²) in [5, 5.41) is 8.29. The quantitative estimate of drug-likeness (QED) is 0.509. The number of aromatic nitrogens is 2. The van der Waals surface area contributed by atoms with Crippen LogP contribution in [0.25, 0.3) is 10.9 Å². The molecule has 5 rings (SSSR count). The number of thiazole rings is 1. The topological polar surface area (TPSA) is 90.1 Å². The van der Waals surface area contributed by atoms with Crippen molar-refractivity contribution in [2.75, 3.05) is 7.05 Å². The van der Waals surface area contributed by atoms with E-state index in [0.29, 0.717) is 15.7 Å². The van der Waals surface area contributed by atoms with Gasteiger partial charge in [-0.2, -0.15) is 0 Å². The molecule has 1 aliphatic heterocycles. The van der Waals surface area contributed by atoms with E-state index in [1.54, 1.807) is 12.1 Å². The van der Waals surface area contributed by atoms with Crippen LogP contribution in [0.5, 0.6) is 0 Å². The molecule has 32 heavy (non-hydrogen) atoms. The highest BCUT2D eigenvalue weighted by atomic mass is 35.5. The Kier molecular flexibility index (Phi) is 6.76. The second-order valence-electron chi connectivity index (χ2n) is 8.42. The molecule has 1 saturated carbocycles. The van der Waals surface area contributed by atoms with E-state index in [4.69, 9.17) is 11.6 Å². The molecule has 2 amide bonds. The normalized spacial score (nSPS) is 20.6. The summed E-state index contributed by atoms with van der Waals surface area (Å²) in [6.07, 6.45) is 3.73. The van der Waals surface area contributed by atoms with Crippen molar-refractivity contribution >= 4 is 58.1 Å². The summed E-state index contributed by atoms with van der Waals surface area (Å²) in [6.45, 7) is 1.63. The second kappa shape index (κ2) is 9.39. The summed E-state index contributed by atoms with van der Waals surface area (Å²) in [5.41, 5.74) is 2.36. The molecule has 1 aromatic carbocycles. The minimum atomic E-state index is -0.172. The molecule has 1 fully saturated rings. The van der Waals surface area contributed by atoms with Crippen LogP contribution in [0, 0.1) is 0 Å². The number of nitrogens with zero attached hydrogens (tertiary/aromatic N) is 2. The SMILES string of the molecule is CN1Cc2nc(C(=O)NC3CCCCC3NC(=O)c3cc4cc(Cl)ccc4[nH]3)sc2C1.Cl. The number of rotatable bonds is 4. The molecule has 10 heteroatoms. The number of hydrogen-bond acceptors (Lipinski definition) is 5. The van der Waals surface area contributed by atoms with Gasteiger partial charge >= 0.3 is 0 Å². The first-order chi connectivity index (χ1) is 15.0. The number of halogens is 2. The van der Waals surface area contributed by atoms with Crippen molar-refractivity contribution in [2.45, 2.75) is 50.9 Å². The molecule has 7 nitrogen and oxygen atoms in total. The molecule has 2 unspecified atom stereocenters. The Morgan fingerprint density at radius 2 is 1.84 bits per heavy atom. The molecular formula is C22H25Cl2N5O2S. The zero-order valence-corrected chi connectivity index (χ0v) is 20.0. The Morgan fingerprint density at radius 1 is 1.12 bits per heavy atom. The summed E-state index contributed by atoms with van der Waals surface area (Å²) in [6, 6.07) is 7.07. The first-order valence-corrected chi connectivity index (χ1v) is 11.7. The highest BCUT2D eigenvalue weighted by Crippen LogP contribution is 2.28. The zero-order chi connectivity index (χ0) is 21.5. The molecule has 170 valence electrons. The number of carbonyl (C=O) groups excluding carboxylic acids is 2. The summed E-state index contributed by atoms with van der Waals surface area (Å²) in [4.78, 5) is 36.8. The van der Waals surface area contributed by atoms with Crippen LogP contribution in [0.4, 0.5) is 0 Å². The number of benzene rings is 1. The average molecular weight is 494 g/mol. The third kappa shape index (κ3) is 4.64. The average Bonchev–Trinajstić information content (AvgIpc) is 3.41. The molecule has 0 bridgehead atoms. The Bertz CT molecular complexity index is 1140. The summed E-state index contributed by atoms with van der Waals surface area (Å²) < 4.78 is 0. The van der Waals surface area contributed by atoms with Crippen molar-refractivity contribution in [1.82, 2.24) is 25.5 Å². The van der Waals surface area contributed by atoms with Crippen molar-refractivity contribution < 1.29 is 9.59 Å². The van der Waals surface area contributed by atoms with Crippen molar-refractivity contribution in [3.05, 3.63) is 50.6 Å². The van der Waals surface area contributed by atoms with Crippen LogP contribution in [0.3, 0.4) is 0 Å². The van der Waals surface area contributed by atoms with Crippen LogP contribution in [-0.4, -0.2) is 45.8 Å². The molecule has 0 saturated heterocycles. The predicted octanol–water partition coefficient (Wildman–Crippen LogP) is 4.12. The van der Waals surface area contributed by atoms with Gasteiger partial charge in [0.2, 0.25) is 0 Å². The zero-order valence-electron chi connectivity index (χ0n) is 17.6. The summed E-state index contributed by atoms with van der Waals surface area (Å²) >= 11 is 7.52. The maximum absolute atomic E-state index is 12.9. The second-order valence-corrected chi connectivity index (χ2v) is 9.94. The number of aromatic amines is 1. The van der Waals surface area contributed by atoms with E-state index in [9.17, 15) is 9.59 Å². The van der Waals surface area contributed by atoms with Crippen LogP contribution in [0.15, 0.2) is 24.3 Å². The fraction of sp³-hybridized carbons (Fsp3) is 0.409.